The second kappa shape index (κ2) is 4.58. The highest BCUT2D eigenvalue weighted by Gasteiger charge is 2.10. The van der Waals surface area contributed by atoms with Crippen LogP contribution in [0.3, 0.4) is 0 Å². The molecule has 0 aliphatic carbocycles. The topological polar surface area (TPSA) is 49.8 Å². The Labute approximate surface area is 114 Å². The SMILES string of the molecule is N#Cc1sc(-c2ccc(Br)cc2Br)cc1N. The summed E-state index contributed by atoms with van der Waals surface area (Å²) in [6.45, 7) is 0. The van der Waals surface area contributed by atoms with Gasteiger partial charge in [-0.3, -0.25) is 0 Å². The maximum Gasteiger partial charge on any atom is 0.128 e. The molecule has 1 heterocycles. The van der Waals surface area contributed by atoms with Gasteiger partial charge in [-0.1, -0.05) is 37.9 Å². The molecule has 80 valence electrons. The molecule has 1 aromatic heterocycles. The third kappa shape index (κ3) is 2.14. The van der Waals surface area contributed by atoms with Crippen molar-refractivity contribution >= 4 is 48.9 Å². The lowest BCUT2D eigenvalue weighted by atomic mass is 10.2. The van der Waals surface area contributed by atoms with Crippen molar-refractivity contribution in [2.45, 2.75) is 0 Å². The van der Waals surface area contributed by atoms with Gasteiger partial charge in [-0.25, -0.2) is 0 Å². The zero-order valence-corrected chi connectivity index (χ0v) is 12.0. The van der Waals surface area contributed by atoms with Crippen molar-refractivity contribution in [1.82, 2.24) is 0 Å². The van der Waals surface area contributed by atoms with E-state index in [4.69, 9.17) is 11.0 Å². The van der Waals surface area contributed by atoms with E-state index >= 15 is 0 Å². The summed E-state index contributed by atoms with van der Waals surface area (Å²) >= 11 is 8.29. The molecule has 0 bridgehead atoms. The number of rotatable bonds is 1. The number of benzene rings is 1. The van der Waals surface area contributed by atoms with Gasteiger partial charge in [0, 0.05) is 19.4 Å². The second-order valence-corrected chi connectivity index (χ2v) is 5.95. The first-order chi connectivity index (χ1) is 7.61. The fraction of sp³-hybridized carbons (Fsp3) is 0. The molecular formula is C11H6Br2N2S. The van der Waals surface area contributed by atoms with E-state index in [0.717, 1.165) is 19.4 Å². The minimum absolute atomic E-state index is 0.539. The highest BCUT2D eigenvalue weighted by molar-refractivity contribution is 9.11. The maximum atomic E-state index is 8.85. The minimum Gasteiger partial charge on any atom is -0.397 e. The number of anilines is 1. The van der Waals surface area contributed by atoms with E-state index in [1.165, 1.54) is 11.3 Å². The van der Waals surface area contributed by atoms with Gasteiger partial charge in [0.1, 0.15) is 10.9 Å². The van der Waals surface area contributed by atoms with E-state index in [2.05, 4.69) is 37.9 Å². The number of hydrogen-bond donors (Lipinski definition) is 1. The van der Waals surface area contributed by atoms with Crippen molar-refractivity contribution in [3.05, 3.63) is 38.1 Å². The lowest BCUT2D eigenvalue weighted by Gasteiger charge is -2.01. The molecule has 0 spiro atoms. The van der Waals surface area contributed by atoms with Crippen molar-refractivity contribution in [3.8, 4) is 16.5 Å². The molecule has 2 N–H and O–H groups in total. The molecule has 0 saturated heterocycles. The third-order valence-corrected chi connectivity index (χ3v) is 4.30. The Morgan fingerprint density at radius 3 is 2.56 bits per heavy atom. The van der Waals surface area contributed by atoms with Gasteiger partial charge in [0.2, 0.25) is 0 Å². The Morgan fingerprint density at radius 1 is 1.25 bits per heavy atom. The summed E-state index contributed by atoms with van der Waals surface area (Å²) in [4.78, 5) is 1.55. The van der Waals surface area contributed by atoms with E-state index in [1.54, 1.807) is 0 Å². The van der Waals surface area contributed by atoms with Crippen LogP contribution < -0.4 is 5.73 Å². The Hall–Kier alpha value is -0.830. The van der Waals surface area contributed by atoms with Gasteiger partial charge < -0.3 is 5.73 Å². The first kappa shape index (κ1) is 11.6. The van der Waals surface area contributed by atoms with Gasteiger partial charge in [-0.15, -0.1) is 11.3 Å². The van der Waals surface area contributed by atoms with E-state index in [0.29, 0.717) is 10.6 Å². The van der Waals surface area contributed by atoms with Gasteiger partial charge in [-0.05, 0) is 18.2 Å². The van der Waals surface area contributed by atoms with Crippen LogP contribution in [0.15, 0.2) is 33.2 Å². The summed E-state index contributed by atoms with van der Waals surface area (Å²) in [7, 11) is 0. The first-order valence-corrected chi connectivity index (χ1v) is 6.77. The predicted octanol–water partition coefficient (Wildman–Crippen LogP) is 4.39. The largest absolute Gasteiger partial charge is 0.397 e. The molecule has 2 rings (SSSR count). The zero-order valence-electron chi connectivity index (χ0n) is 8.00. The quantitative estimate of drug-likeness (QED) is 0.822. The molecule has 2 aromatic rings. The van der Waals surface area contributed by atoms with Crippen molar-refractivity contribution in [3.63, 3.8) is 0 Å². The summed E-state index contributed by atoms with van der Waals surface area (Å²) in [5.41, 5.74) is 7.31. The maximum absolute atomic E-state index is 8.85. The van der Waals surface area contributed by atoms with Crippen LogP contribution in [0.1, 0.15) is 4.88 Å². The van der Waals surface area contributed by atoms with Crippen LogP contribution in [0, 0.1) is 11.3 Å². The fourth-order valence-corrected chi connectivity index (χ4v) is 3.62. The average molecular weight is 358 g/mol. The van der Waals surface area contributed by atoms with Crippen LogP contribution >= 0.6 is 43.2 Å². The molecule has 5 heteroatoms. The molecule has 0 radical (unpaired) electrons. The molecule has 0 fully saturated rings. The summed E-state index contributed by atoms with van der Waals surface area (Å²) < 4.78 is 1.99. The normalized spacial score (nSPS) is 10.1. The molecule has 0 aliphatic rings. The van der Waals surface area contributed by atoms with Gasteiger partial charge in [-0.2, -0.15) is 5.26 Å². The van der Waals surface area contributed by atoms with Gasteiger partial charge >= 0.3 is 0 Å². The van der Waals surface area contributed by atoms with Crippen molar-refractivity contribution in [2.75, 3.05) is 5.73 Å². The Kier molecular flexibility index (Phi) is 3.33. The third-order valence-electron chi connectivity index (χ3n) is 2.06. The molecule has 0 aliphatic heterocycles. The number of nitrogens with zero attached hydrogens (tertiary/aromatic N) is 1. The Balaban J connectivity index is 2.55. The fourth-order valence-electron chi connectivity index (χ4n) is 1.31. The standard InChI is InChI=1S/C11H6Br2N2S/c12-6-1-2-7(8(13)3-6)10-4-9(15)11(5-14)16-10/h1-4H,15H2. The first-order valence-electron chi connectivity index (χ1n) is 4.36. The lowest BCUT2D eigenvalue weighted by molar-refractivity contribution is 1.52. The molecule has 0 atom stereocenters. The summed E-state index contributed by atoms with van der Waals surface area (Å²) in [5, 5.41) is 8.85. The molecule has 0 unspecified atom stereocenters. The second-order valence-electron chi connectivity index (χ2n) is 3.13. The smallest absolute Gasteiger partial charge is 0.128 e. The van der Waals surface area contributed by atoms with Crippen LogP contribution in [-0.4, -0.2) is 0 Å². The summed E-state index contributed by atoms with van der Waals surface area (Å²) in [6.07, 6.45) is 0. The van der Waals surface area contributed by atoms with Crippen LogP contribution in [0.4, 0.5) is 5.69 Å². The highest BCUT2D eigenvalue weighted by atomic mass is 79.9. The average Bonchev–Trinajstić information content (AvgIpc) is 2.59. The number of nitrogens with two attached hydrogens (primary N) is 1. The summed E-state index contributed by atoms with van der Waals surface area (Å²) in [6, 6.07) is 9.83. The van der Waals surface area contributed by atoms with E-state index in [-0.39, 0.29) is 0 Å². The predicted molar refractivity (Wildman–Crippen MR) is 74.3 cm³/mol. The summed E-state index contributed by atoms with van der Waals surface area (Å²) in [5.74, 6) is 0. The zero-order chi connectivity index (χ0) is 11.7. The number of hydrogen-bond acceptors (Lipinski definition) is 3. The minimum atomic E-state index is 0.539. The monoisotopic (exact) mass is 356 g/mol. The number of halogens is 2. The molecule has 16 heavy (non-hydrogen) atoms. The molecule has 2 nitrogen and oxygen atoms in total. The molecule has 1 aromatic carbocycles. The van der Waals surface area contributed by atoms with Gasteiger partial charge in [0.25, 0.3) is 0 Å². The van der Waals surface area contributed by atoms with Crippen LogP contribution in [-0.2, 0) is 0 Å². The van der Waals surface area contributed by atoms with E-state index < -0.39 is 0 Å². The van der Waals surface area contributed by atoms with Crippen LogP contribution in [0.5, 0.6) is 0 Å². The van der Waals surface area contributed by atoms with Gasteiger partial charge in [0.05, 0.1) is 5.69 Å². The number of thiophene rings is 1. The molecule has 0 saturated carbocycles. The van der Waals surface area contributed by atoms with Gasteiger partial charge in [0.15, 0.2) is 0 Å². The molecular weight excluding hydrogens is 352 g/mol. The number of nitrogen functional groups attached to an aromatic ring is 1. The van der Waals surface area contributed by atoms with E-state index in [1.807, 2.05) is 24.3 Å². The Bertz CT molecular complexity index is 584. The molecule has 0 amide bonds. The van der Waals surface area contributed by atoms with Crippen LogP contribution in [0.25, 0.3) is 10.4 Å². The Morgan fingerprint density at radius 2 is 2.00 bits per heavy atom. The lowest BCUT2D eigenvalue weighted by Crippen LogP contribution is -1.81. The van der Waals surface area contributed by atoms with Crippen molar-refractivity contribution in [1.29, 1.82) is 5.26 Å². The van der Waals surface area contributed by atoms with E-state index in [9.17, 15) is 0 Å². The van der Waals surface area contributed by atoms with Crippen LogP contribution in [0.2, 0.25) is 0 Å². The highest BCUT2D eigenvalue weighted by Crippen LogP contribution is 2.37. The van der Waals surface area contributed by atoms with Crippen molar-refractivity contribution < 1.29 is 0 Å². The van der Waals surface area contributed by atoms with Crippen molar-refractivity contribution in [2.24, 2.45) is 0 Å². The number of nitriles is 1.